The van der Waals surface area contributed by atoms with E-state index in [9.17, 15) is 8.42 Å². The molecule has 2 unspecified atom stereocenters. The summed E-state index contributed by atoms with van der Waals surface area (Å²) < 4.78 is 38.8. The lowest BCUT2D eigenvalue weighted by Crippen LogP contribution is -2.40. The smallest absolute Gasteiger partial charge is 0.247 e. The van der Waals surface area contributed by atoms with Crippen molar-refractivity contribution < 1.29 is 17.9 Å². The van der Waals surface area contributed by atoms with Gasteiger partial charge in [-0.3, -0.25) is 0 Å². The molecule has 2 saturated heterocycles. The Hall–Kier alpha value is -0.860. The van der Waals surface area contributed by atoms with Crippen molar-refractivity contribution in [3.05, 3.63) is 23.2 Å². The molecule has 3 rings (SSSR count). The summed E-state index contributed by atoms with van der Waals surface area (Å²) in [4.78, 5) is 0.120. The quantitative estimate of drug-likeness (QED) is 0.821. The molecule has 0 amide bonds. The van der Waals surface area contributed by atoms with E-state index in [0.29, 0.717) is 43.0 Å². The van der Waals surface area contributed by atoms with Gasteiger partial charge < -0.3 is 15.2 Å². The van der Waals surface area contributed by atoms with E-state index in [1.165, 1.54) is 10.4 Å². The third kappa shape index (κ3) is 3.70. The zero-order chi connectivity index (χ0) is 17.2. The van der Waals surface area contributed by atoms with Crippen LogP contribution in [0.15, 0.2) is 23.1 Å². The average molecular weight is 375 g/mol. The molecular formula is C16H23ClN2O4S. The van der Waals surface area contributed by atoms with E-state index in [1.54, 1.807) is 12.1 Å². The fourth-order valence-electron chi connectivity index (χ4n) is 3.21. The van der Waals surface area contributed by atoms with E-state index in [4.69, 9.17) is 26.8 Å². The number of ether oxygens (including phenoxy) is 2. The topological polar surface area (TPSA) is 81.9 Å². The first-order chi connectivity index (χ1) is 11.5. The molecule has 2 fully saturated rings. The minimum Gasteiger partial charge on any atom is -0.492 e. The van der Waals surface area contributed by atoms with Gasteiger partial charge in [0.05, 0.1) is 13.2 Å². The number of rotatable bonds is 6. The van der Waals surface area contributed by atoms with Crippen LogP contribution in [0.5, 0.6) is 5.75 Å². The third-order valence-corrected chi connectivity index (χ3v) is 6.79. The molecule has 0 saturated carbocycles. The second-order valence-electron chi connectivity index (χ2n) is 6.28. The van der Waals surface area contributed by atoms with E-state index in [2.05, 4.69) is 0 Å². The zero-order valence-corrected chi connectivity index (χ0v) is 15.1. The molecule has 8 heteroatoms. The Bertz CT molecular complexity index is 677. The van der Waals surface area contributed by atoms with E-state index < -0.39 is 10.0 Å². The number of sulfonamides is 1. The highest BCUT2D eigenvalue weighted by molar-refractivity contribution is 7.89. The van der Waals surface area contributed by atoms with Crippen LogP contribution in [0.3, 0.4) is 0 Å². The van der Waals surface area contributed by atoms with Crippen LogP contribution < -0.4 is 10.5 Å². The number of hydrogen-bond donors (Lipinski definition) is 1. The predicted molar refractivity (Wildman–Crippen MR) is 91.8 cm³/mol. The molecule has 2 aliphatic rings. The molecular weight excluding hydrogens is 352 g/mol. The molecule has 2 aliphatic heterocycles. The van der Waals surface area contributed by atoms with Crippen LogP contribution in [-0.4, -0.2) is 51.7 Å². The first kappa shape index (κ1) is 17.9. The summed E-state index contributed by atoms with van der Waals surface area (Å²) in [6.07, 6.45) is 2.53. The van der Waals surface area contributed by atoms with Gasteiger partial charge in [0, 0.05) is 36.7 Å². The van der Waals surface area contributed by atoms with Gasteiger partial charge in [-0.1, -0.05) is 11.6 Å². The Morgan fingerprint density at radius 2 is 2.21 bits per heavy atom. The van der Waals surface area contributed by atoms with Crippen molar-refractivity contribution in [1.82, 2.24) is 4.31 Å². The normalized spacial score (nSPS) is 25.2. The highest BCUT2D eigenvalue weighted by Crippen LogP contribution is 2.33. The SMILES string of the molecule is NCC1CCCN1S(=O)(=O)c1cc(Cl)ccc1OCC1CCOC1. The van der Waals surface area contributed by atoms with Crippen molar-refractivity contribution in [1.29, 1.82) is 0 Å². The van der Waals surface area contributed by atoms with Gasteiger partial charge in [-0.05, 0) is 37.5 Å². The Balaban J connectivity index is 1.86. The number of hydrogen-bond acceptors (Lipinski definition) is 5. The van der Waals surface area contributed by atoms with E-state index in [-0.39, 0.29) is 10.9 Å². The van der Waals surface area contributed by atoms with Crippen LogP contribution in [0.2, 0.25) is 5.02 Å². The second kappa shape index (κ2) is 7.58. The summed E-state index contributed by atoms with van der Waals surface area (Å²) in [7, 11) is -3.69. The number of halogens is 1. The molecule has 0 spiro atoms. The highest BCUT2D eigenvalue weighted by atomic mass is 35.5. The first-order valence-electron chi connectivity index (χ1n) is 8.24. The monoisotopic (exact) mass is 374 g/mol. The van der Waals surface area contributed by atoms with Crippen LogP contribution in [0.1, 0.15) is 19.3 Å². The zero-order valence-electron chi connectivity index (χ0n) is 13.5. The predicted octanol–water partition coefficient (Wildman–Crippen LogP) is 1.87. The van der Waals surface area contributed by atoms with E-state index in [1.807, 2.05) is 0 Å². The van der Waals surface area contributed by atoms with Crippen LogP contribution in [0.25, 0.3) is 0 Å². The van der Waals surface area contributed by atoms with E-state index in [0.717, 1.165) is 25.9 Å². The summed E-state index contributed by atoms with van der Waals surface area (Å²) in [5.41, 5.74) is 5.73. The average Bonchev–Trinajstić information content (AvgIpc) is 3.25. The van der Waals surface area contributed by atoms with Gasteiger partial charge in [0.15, 0.2) is 0 Å². The molecule has 1 aromatic carbocycles. The third-order valence-electron chi connectivity index (χ3n) is 4.59. The van der Waals surface area contributed by atoms with Gasteiger partial charge in [0.1, 0.15) is 10.6 Å². The lowest BCUT2D eigenvalue weighted by atomic mass is 10.1. The van der Waals surface area contributed by atoms with Crippen molar-refractivity contribution in [3.8, 4) is 5.75 Å². The lowest BCUT2D eigenvalue weighted by Gasteiger charge is -2.24. The van der Waals surface area contributed by atoms with Crippen molar-refractivity contribution in [2.45, 2.75) is 30.2 Å². The van der Waals surface area contributed by atoms with Crippen LogP contribution in [0.4, 0.5) is 0 Å². The summed E-state index contributed by atoms with van der Waals surface area (Å²) in [5.74, 6) is 0.633. The number of nitrogens with two attached hydrogens (primary N) is 1. The Morgan fingerprint density at radius 1 is 1.38 bits per heavy atom. The minimum absolute atomic E-state index is 0.120. The maximum absolute atomic E-state index is 13.1. The fraction of sp³-hybridized carbons (Fsp3) is 0.625. The maximum Gasteiger partial charge on any atom is 0.247 e. The number of benzene rings is 1. The van der Waals surface area contributed by atoms with Crippen molar-refractivity contribution in [2.75, 3.05) is 32.9 Å². The van der Waals surface area contributed by atoms with Gasteiger partial charge in [-0.2, -0.15) is 4.31 Å². The molecule has 2 heterocycles. The molecule has 0 bridgehead atoms. The molecule has 0 aromatic heterocycles. The van der Waals surface area contributed by atoms with Gasteiger partial charge >= 0.3 is 0 Å². The standard InChI is InChI=1S/C16H23ClN2O4S/c17-13-3-4-15(23-11-12-5-7-22-10-12)16(8-13)24(20,21)19-6-1-2-14(19)9-18/h3-4,8,12,14H,1-2,5-7,9-11,18H2. The van der Waals surface area contributed by atoms with E-state index >= 15 is 0 Å². The summed E-state index contributed by atoms with van der Waals surface area (Å²) in [6, 6.07) is 4.57. The van der Waals surface area contributed by atoms with Crippen molar-refractivity contribution in [3.63, 3.8) is 0 Å². The van der Waals surface area contributed by atoms with Crippen molar-refractivity contribution in [2.24, 2.45) is 11.7 Å². The highest BCUT2D eigenvalue weighted by Gasteiger charge is 2.36. The summed E-state index contributed by atoms with van der Waals surface area (Å²) >= 11 is 6.04. The molecule has 0 radical (unpaired) electrons. The molecule has 0 aliphatic carbocycles. The lowest BCUT2D eigenvalue weighted by molar-refractivity contribution is 0.166. The Labute approximate surface area is 147 Å². The van der Waals surface area contributed by atoms with Gasteiger partial charge in [-0.15, -0.1) is 0 Å². The molecule has 134 valence electrons. The fourth-order valence-corrected chi connectivity index (χ4v) is 5.31. The van der Waals surface area contributed by atoms with Gasteiger partial charge in [0.25, 0.3) is 0 Å². The molecule has 2 atom stereocenters. The maximum atomic E-state index is 13.1. The molecule has 24 heavy (non-hydrogen) atoms. The van der Waals surface area contributed by atoms with Crippen molar-refractivity contribution >= 4 is 21.6 Å². The molecule has 1 aromatic rings. The minimum atomic E-state index is -3.69. The molecule has 2 N–H and O–H groups in total. The molecule has 6 nitrogen and oxygen atoms in total. The Kier molecular flexibility index (Phi) is 5.66. The van der Waals surface area contributed by atoms with Gasteiger partial charge in [-0.25, -0.2) is 8.42 Å². The van der Waals surface area contributed by atoms with Crippen LogP contribution in [-0.2, 0) is 14.8 Å². The summed E-state index contributed by atoms with van der Waals surface area (Å²) in [5, 5.41) is 0.369. The largest absolute Gasteiger partial charge is 0.492 e. The van der Waals surface area contributed by atoms with Gasteiger partial charge in [0.2, 0.25) is 10.0 Å². The Morgan fingerprint density at radius 3 is 2.92 bits per heavy atom. The second-order valence-corrected chi connectivity index (χ2v) is 8.57. The van der Waals surface area contributed by atoms with Crippen LogP contribution in [0, 0.1) is 5.92 Å². The first-order valence-corrected chi connectivity index (χ1v) is 10.1. The summed E-state index contributed by atoms with van der Waals surface area (Å²) in [6.45, 7) is 2.61. The van der Waals surface area contributed by atoms with Crippen LogP contribution >= 0.6 is 11.6 Å². The number of nitrogens with zero attached hydrogens (tertiary/aromatic N) is 1.